The molecule has 5 rings (SSSR count). The molecule has 0 spiro atoms. The molecule has 0 saturated heterocycles. The smallest absolute Gasteiger partial charge is 0.261 e. The van der Waals surface area contributed by atoms with Crippen LogP contribution in [-0.4, -0.2) is 34.2 Å². The highest BCUT2D eigenvalue weighted by atomic mass is 32.3. The molecule has 2 aliphatic rings. The molecular weight excluding hydrogens is 418 g/mol. The number of aromatic nitrogens is 3. The molecule has 10 heteroatoms. The minimum absolute atomic E-state index is 0.0967. The predicted octanol–water partition coefficient (Wildman–Crippen LogP) is 3.88. The van der Waals surface area contributed by atoms with Crippen LogP contribution in [0.2, 0.25) is 0 Å². The van der Waals surface area contributed by atoms with Crippen molar-refractivity contribution in [3.8, 4) is 6.07 Å². The summed E-state index contributed by atoms with van der Waals surface area (Å²) in [6.45, 7) is 1.61. The van der Waals surface area contributed by atoms with Crippen LogP contribution in [-0.2, 0) is 0 Å². The Morgan fingerprint density at radius 3 is 2.87 bits per heavy atom. The van der Waals surface area contributed by atoms with Gasteiger partial charge in [-0.15, -0.1) is 0 Å². The summed E-state index contributed by atoms with van der Waals surface area (Å²) >= 11 is 0. The second-order valence-corrected chi connectivity index (χ2v) is 10.6. The third-order valence-corrected chi connectivity index (χ3v) is 8.60. The average Bonchev–Trinajstić information content (AvgIpc) is 3.50. The summed E-state index contributed by atoms with van der Waals surface area (Å²) in [6, 6.07) is 8.84. The Kier molecular flexibility index (Phi) is 4.60. The molecule has 1 saturated carbocycles. The monoisotopic (exact) mass is 441 g/mol. The van der Waals surface area contributed by atoms with E-state index < -0.39 is 21.9 Å². The van der Waals surface area contributed by atoms with E-state index in [1.54, 1.807) is 42.1 Å². The first-order chi connectivity index (χ1) is 14.8. The van der Waals surface area contributed by atoms with Crippen LogP contribution in [0.4, 0.5) is 11.5 Å². The fourth-order valence-corrected chi connectivity index (χ4v) is 6.07. The normalized spacial score (nSPS) is 23.8. The molecule has 3 aromatic rings. The van der Waals surface area contributed by atoms with Gasteiger partial charge in [0.25, 0.3) is 5.56 Å². The van der Waals surface area contributed by atoms with E-state index in [0.29, 0.717) is 45.2 Å². The van der Waals surface area contributed by atoms with Gasteiger partial charge in [0.05, 0.1) is 34.2 Å². The van der Waals surface area contributed by atoms with Crippen molar-refractivity contribution in [2.75, 3.05) is 5.32 Å². The van der Waals surface area contributed by atoms with Gasteiger partial charge in [0.15, 0.2) is 5.82 Å². The summed E-state index contributed by atoms with van der Waals surface area (Å²) in [4.78, 5) is 15.6. The Morgan fingerprint density at radius 2 is 2.16 bits per heavy atom. The van der Waals surface area contributed by atoms with Crippen molar-refractivity contribution < 1.29 is 14.2 Å². The van der Waals surface area contributed by atoms with Crippen molar-refractivity contribution in [1.29, 1.82) is 5.26 Å². The number of fused-ring (bicyclic) bond motifs is 2. The quantitative estimate of drug-likeness (QED) is 0.404. The minimum Gasteiger partial charge on any atom is -0.386 e. The van der Waals surface area contributed by atoms with Crippen LogP contribution in [0.15, 0.2) is 40.2 Å². The molecule has 3 heterocycles. The zero-order valence-electron chi connectivity index (χ0n) is 16.8. The molecule has 2 aromatic heterocycles. The lowest BCUT2D eigenvalue weighted by atomic mass is 10.1. The summed E-state index contributed by atoms with van der Waals surface area (Å²) in [5.41, 5.74) is 1.39. The van der Waals surface area contributed by atoms with E-state index in [1.807, 2.05) is 0 Å². The topological polar surface area (TPSA) is 147 Å². The van der Waals surface area contributed by atoms with Crippen LogP contribution in [0.5, 0.6) is 0 Å². The van der Waals surface area contributed by atoms with E-state index in [1.165, 1.54) is 0 Å². The number of aliphatic hydroxyl groups excluding tert-OH is 1. The Balaban J connectivity index is 1.58. The number of nitriles is 1. The number of rotatable bonds is 5. The number of hydrogen-bond donors (Lipinski definition) is 5. The summed E-state index contributed by atoms with van der Waals surface area (Å²) in [6.07, 6.45) is 2.96. The number of pyridine rings is 1. The first-order valence-corrected chi connectivity index (χ1v) is 11.8. The van der Waals surface area contributed by atoms with Crippen LogP contribution in [0.1, 0.15) is 43.9 Å². The van der Waals surface area contributed by atoms with Gasteiger partial charge in [-0.1, -0.05) is 0 Å². The van der Waals surface area contributed by atoms with Crippen LogP contribution >= 0.6 is 10.6 Å². The summed E-state index contributed by atoms with van der Waals surface area (Å²) in [5.74, 6) is 0.726. The zero-order chi connectivity index (χ0) is 21.9. The second-order valence-electron chi connectivity index (χ2n) is 8.25. The molecule has 1 fully saturated rings. The Labute approximate surface area is 179 Å². The molecule has 0 radical (unpaired) electrons. The number of anilines is 2. The van der Waals surface area contributed by atoms with Gasteiger partial charge >= 0.3 is 0 Å². The molecule has 1 aliphatic carbocycles. The van der Waals surface area contributed by atoms with Gasteiger partial charge in [0.2, 0.25) is 0 Å². The Hall–Kier alpha value is -2.84. The van der Waals surface area contributed by atoms with Crippen LogP contribution in [0, 0.1) is 17.2 Å². The van der Waals surface area contributed by atoms with Crippen molar-refractivity contribution in [2.24, 2.45) is 5.92 Å². The maximum atomic E-state index is 12.6. The molecule has 3 atom stereocenters. The van der Waals surface area contributed by atoms with E-state index in [9.17, 15) is 24.3 Å². The van der Waals surface area contributed by atoms with E-state index in [2.05, 4.69) is 21.5 Å². The predicted molar refractivity (Wildman–Crippen MR) is 118 cm³/mol. The van der Waals surface area contributed by atoms with E-state index in [-0.39, 0.29) is 11.6 Å². The van der Waals surface area contributed by atoms with Crippen LogP contribution in [0.25, 0.3) is 10.9 Å². The fourth-order valence-electron chi connectivity index (χ4n) is 4.37. The number of hydrogen-bond acceptors (Lipinski definition) is 7. The highest BCUT2D eigenvalue weighted by Gasteiger charge is 2.41. The van der Waals surface area contributed by atoms with E-state index in [0.717, 1.165) is 12.8 Å². The molecule has 9 nitrogen and oxygen atoms in total. The lowest BCUT2D eigenvalue weighted by Crippen LogP contribution is -2.13. The third-order valence-electron chi connectivity index (χ3n) is 6.29. The summed E-state index contributed by atoms with van der Waals surface area (Å²) < 4.78 is 22.5. The summed E-state index contributed by atoms with van der Waals surface area (Å²) in [7, 11) is -3.06. The molecule has 0 bridgehead atoms. The van der Waals surface area contributed by atoms with Crippen molar-refractivity contribution >= 4 is 33.0 Å². The molecule has 31 heavy (non-hydrogen) atoms. The highest BCUT2D eigenvalue weighted by Crippen LogP contribution is 2.63. The molecule has 0 unspecified atom stereocenters. The first-order valence-electron chi connectivity index (χ1n) is 10.2. The number of H-pyrrole nitrogens is 1. The number of aromatic amines is 1. The van der Waals surface area contributed by atoms with Crippen molar-refractivity contribution in [3.63, 3.8) is 0 Å². The minimum atomic E-state index is -3.06. The largest absolute Gasteiger partial charge is 0.386 e. The molecular formula is C21H23N5O4S. The number of nitrogens with zero attached hydrogens (tertiary/aromatic N) is 3. The molecule has 1 aliphatic heterocycles. The van der Waals surface area contributed by atoms with E-state index in [4.69, 9.17) is 0 Å². The van der Waals surface area contributed by atoms with Crippen LogP contribution < -0.4 is 10.9 Å². The lowest BCUT2D eigenvalue weighted by Gasteiger charge is -2.33. The van der Waals surface area contributed by atoms with Crippen molar-refractivity contribution in [1.82, 2.24) is 14.8 Å². The van der Waals surface area contributed by atoms with Gasteiger partial charge in [-0.2, -0.15) is 21.0 Å². The maximum Gasteiger partial charge on any atom is 0.261 e. The molecule has 5 N–H and O–H groups in total. The summed E-state index contributed by atoms with van der Waals surface area (Å²) in [5, 5.41) is 27.3. The second kappa shape index (κ2) is 7.10. The first kappa shape index (κ1) is 20.1. The number of benzene rings is 1. The zero-order valence-corrected chi connectivity index (χ0v) is 17.6. The maximum absolute atomic E-state index is 12.6. The van der Waals surface area contributed by atoms with Gasteiger partial charge in [0, 0.05) is 17.4 Å². The molecule has 1 aromatic carbocycles. The standard InChI is InChI=1S/C21H23N5O4S/c1-11-19(27)14-10-13(4-5-17(14)31(11,29)30)24-20-18-16(7-9-23-21(18)28)26(25-20)15(6-8-22)12-2-3-12/h4-5,7,9-12,15,19,27,29-30H,2-3,6H2,1H3,(H,23,28)(H,24,25)/t11-,15-,19+/m0/s1. The average molecular weight is 442 g/mol. The highest BCUT2D eigenvalue weighted by molar-refractivity contribution is 8.25. The van der Waals surface area contributed by atoms with Crippen molar-refractivity contribution in [3.05, 3.63) is 46.4 Å². The van der Waals surface area contributed by atoms with Gasteiger partial charge in [-0.3, -0.25) is 18.6 Å². The fraction of sp³-hybridized carbons (Fsp3) is 0.381. The SMILES string of the molecule is C[C@H]1[C@@H](O)c2cc(Nc3nn([C@@H](CC#N)C4CC4)c4cc[nH]c(=O)c34)ccc2S1(O)O. The Bertz CT molecular complexity index is 1270. The number of aliphatic hydroxyl groups is 1. The molecule has 162 valence electrons. The van der Waals surface area contributed by atoms with Gasteiger partial charge < -0.3 is 15.4 Å². The van der Waals surface area contributed by atoms with E-state index >= 15 is 0 Å². The van der Waals surface area contributed by atoms with Crippen LogP contribution in [0.3, 0.4) is 0 Å². The molecule has 0 amide bonds. The Morgan fingerprint density at radius 1 is 1.39 bits per heavy atom. The van der Waals surface area contributed by atoms with Gasteiger partial charge in [-0.05, 0) is 49.9 Å². The number of nitrogens with one attached hydrogen (secondary N) is 2. The van der Waals surface area contributed by atoms with Gasteiger partial charge in [-0.25, -0.2) is 0 Å². The van der Waals surface area contributed by atoms with Crippen molar-refractivity contribution in [2.45, 2.75) is 48.5 Å². The third kappa shape index (κ3) is 3.13. The van der Waals surface area contributed by atoms with Gasteiger partial charge in [0.1, 0.15) is 11.5 Å². The lowest BCUT2D eigenvalue weighted by molar-refractivity contribution is 0.177.